The Morgan fingerprint density at radius 2 is 1.64 bits per heavy atom. The van der Waals surface area contributed by atoms with Gasteiger partial charge in [-0.15, -0.1) is 0 Å². The van der Waals surface area contributed by atoms with E-state index >= 15 is 0 Å². The average molecular weight is 332 g/mol. The molecule has 0 aromatic rings. The molecule has 1 unspecified atom stereocenters. The molecule has 124 valence electrons. The molecule has 3 amide bonds. The van der Waals surface area contributed by atoms with Crippen molar-refractivity contribution in [2.45, 2.75) is 44.9 Å². The SMILES string of the molecule is CC(C)(CC(C)(C)N1C(=O)C=CC1=O)C(C(N)=O)S(=O)(=O)O. The number of carbonyl (C=O) groups is 3. The first-order valence-corrected chi connectivity index (χ1v) is 8.02. The van der Waals surface area contributed by atoms with Crippen LogP contribution in [0.2, 0.25) is 0 Å². The maximum atomic E-state index is 11.8. The van der Waals surface area contributed by atoms with E-state index in [0.717, 1.165) is 17.1 Å². The molecule has 3 N–H and O–H groups in total. The number of rotatable bonds is 6. The minimum atomic E-state index is -4.72. The molecule has 0 aromatic carbocycles. The maximum Gasteiger partial charge on any atom is 0.277 e. The Morgan fingerprint density at radius 3 is 1.95 bits per heavy atom. The monoisotopic (exact) mass is 332 g/mol. The molecule has 22 heavy (non-hydrogen) atoms. The molecule has 9 heteroatoms. The van der Waals surface area contributed by atoms with Crippen molar-refractivity contribution in [3.63, 3.8) is 0 Å². The molecule has 0 aromatic heterocycles. The molecule has 0 fully saturated rings. The number of hydrogen-bond acceptors (Lipinski definition) is 5. The second kappa shape index (κ2) is 5.47. The van der Waals surface area contributed by atoms with Crippen molar-refractivity contribution in [3.05, 3.63) is 12.2 Å². The number of nitrogens with two attached hydrogens (primary N) is 1. The highest BCUT2D eigenvalue weighted by molar-refractivity contribution is 7.87. The van der Waals surface area contributed by atoms with Gasteiger partial charge in [0.2, 0.25) is 5.91 Å². The third-order valence-corrected chi connectivity index (χ3v) is 5.03. The van der Waals surface area contributed by atoms with Crippen LogP contribution < -0.4 is 5.73 Å². The fraction of sp³-hybridized carbons (Fsp3) is 0.615. The normalized spacial score (nSPS) is 18.0. The standard InChI is InChI=1S/C13H20N2O6S/c1-12(2,10(11(14)18)22(19,20)21)7-13(3,4)15-8(16)5-6-9(15)17/h5-6,10H,7H2,1-4H3,(H2,14,18)(H,19,20,21). The summed E-state index contributed by atoms with van der Waals surface area (Å²) >= 11 is 0. The number of nitrogens with zero attached hydrogens (tertiary/aromatic N) is 1. The molecular formula is C13H20N2O6S. The van der Waals surface area contributed by atoms with Crippen LogP contribution in [0, 0.1) is 5.41 Å². The Morgan fingerprint density at radius 1 is 1.23 bits per heavy atom. The predicted octanol–water partition coefficient (Wildman–Crippen LogP) is -0.152. The Kier molecular flexibility index (Phi) is 4.55. The third-order valence-electron chi connectivity index (χ3n) is 3.57. The van der Waals surface area contributed by atoms with Crippen molar-refractivity contribution < 1.29 is 27.4 Å². The van der Waals surface area contributed by atoms with Crippen molar-refractivity contribution in [3.8, 4) is 0 Å². The first-order chi connectivity index (χ1) is 9.70. The number of primary amides is 1. The first kappa shape index (κ1) is 18.3. The largest absolute Gasteiger partial charge is 0.368 e. The lowest BCUT2D eigenvalue weighted by Gasteiger charge is -2.41. The lowest BCUT2D eigenvalue weighted by atomic mass is 9.76. The van der Waals surface area contributed by atoms with Crippen LogP contribution >= 0.6 is 0 Å². The smallest absolute Gasteiger partial charge is 0.277 e. The van der Waals surface area contributed by atoms with Gasteiger partial charge in [0.1, 0.15) is 0 Å². The van der Waals surface area contributed by atoms with Crippen LogP contribution in [-0.2, 0) is 24.5 Å². The lowest BCUT2D eigenvalue weighted by molar-refractivity contribution is -0.143. The number of imide groups is 1. The van der Waals surface area contributed by atoms with Crippen LogP contribution in [-0.4, -0.2) is 46.4 Å². The van der Waals surface area contributed by atoms with E-state index in [4.69, 9.17) is 5.73 Å². The first-order valence-electron chi connectivity index (χ1n) is 6.52. The fourth-order valence-corrected chi connectivity index (χ4v) is 4.40. The Bertz CT molecular complexity index is 629. The summed E-state index contributed by atoms with van der Waals surface area (Å²) < 4.78 is 32.2. The summed E-state index contributed by atoms with van der Waals surface area (Å²) in [5.74, 6) is -2.23. The lowest BCUT2D eigenvalue weighted by Crippen LogP contribution is -2.54. The zero-order valence-corrected chi connectivity index (χ0v) is 13.7. The summed E-state index contributed by atoms with van der Waals surface area (Å²) in [5, 5.41) is -1.85. The van der Waals surface area contributed by atoms with Crippen molar-refractivity contribution >= 4 is 27.8 Å². The van der Waals surface area contributed by atoms with Crippen LogP contribution in [0.25, 0.3) is 0 Å². The van der Waals surface area contributed by atoms with E-state index in [1.807, 2.05) is 0 Å². The quantitative estimate of drug-likeness (QED) is 0.513. The van der Waals surface area contributed by atoms with E-state index in [1.54, 1.807) is 13.8 Å². The topological polar surface area (TPSA) is 135 Å². The third kappa shape index (κ3) is 3.53. The van der Waals surface area contributed by atoms with Crippen LogP contribution in [0.3, 0.4) is 0 Å². The summed E-state index contributed by atoms with van der Waals surface area (Å²) in [7, 11) is -4.72. The van der Waals surface area contributed by atoms with Gasteiger partial charge in [-0.3, -0.25) is 23.8 Å². The molecule has 1 heterocycles. The van der Waals surface area contributed by atoms with Crippen LogP contribution in [0.5, 0.6) is 0 Å². The maximum absolute atomic E-state index is 11.8. The van der Waals surface area contributed by atoms with Gasteiger partial charge in [-0.25, -0.2) is 0 Å². The number of amides is 3. The minimum Gasteiger partial charge on any atom is -0.368 e. The Balaban J connectivity index is 3.17. The molecule has 0 aliphatic carbocycles. The van der Waals surface area contributed by atoms with Gasteiger partial charge in [-0.1, -0.05) is 13.8 Å². The summed E-state index contributed by atoms with van der Waals surface area (Å²) in [5.41, 5.74) is 2.73. The number of carbonyl (C=O) groups excluding carboxylic acids is 3. The second-order valence-electron chi connectivity index (χ2n) is 6.62. The van der Waals surface area contributed by atoms with Crippen molar-refractivity contribution in [2.24, 2.45) is 11.1 Å². The van der Waals surface area contributed by atoms with Gasteiger partial charge < -0.3 is 5.73 Å². The van der Waals surface area contributed by atoms with Gasteiger partial charge in [0.05, 0.1) is 0 Å². The molecule has 0 spiro atoms. The Labute approximate surface area is 129 Å². The summed E-state index contributed by atoms with van der Waals surface area (Å²) in [6, 6.07) is 0. The van der Waals surface area contributed by atoms with E-state index < -0.39 is 44.0 Å². The average Bonchev–Trinajstić information content (AvgIpc) is 2.52. The van der Waals surface area contributed by atoms with Gasteiger partial charge in [0.15, 0.2) is 5.25 Å². The summed E-state index contributed by atoms with van der Waals surface area (Å²) in [6.07, 6.45) is 2.18. The summed E-state index contributed by atoms with van der Waals surface area (Å²) in [6.45, 7) is 5.99. The van der Waals surface area contributed by atoms with Gasteiger partial charge in [0, 0.05) is 17.7 Å². The minimum absolute atomic E-state index is 0.0491. The Hall–Kier alpha value is -1.74. The van der Waals surface area contributed by atoms with E-state index in [9.17, 15) is 27.4 Å². The van der Waals surface area contributed by atoms with E-state index in [0.29, 0.717) is 0 Å². The zero-order valence-electron chi connectivity index (χ0n) is 12.9. The van der Waals surface area contributed by atoms with Crippen molar-refractivity contribution in [1.29, 1.82) is 0 Å². The van der Waals surface area contributed by atoms with E-state index in [2.05, 4.69) is 0 Å². The van der Waals surface area contributed by atoms with Gasteiger partial charge in [-0.05, 0) is 25.7 Å². The molecule has 1 rings (SSSR count). The predicted molar refractivity (Wildman–Crippen MR) is 78.0 cm³/mol. The fourth-order valence-electron chi connectivity index (χ4n) is 3.22. The van der Waals surface area contributed by atoms with Crippen molar-refractivity contribution in [2.75, 3.05) is 0 Å². The second-order valence-corrected chi connectivity index (χ2v) is 8.12. The zero-order chi connectivity index (χ0) is 17.5. The highest BCUT2D eigenvalue weighted by Crippen LogP contribution is 2.38. The van der Waals surface area contributed by atoms with Crippen LogP contribution in [0.4, 0.5) is 0 Å². The molecule has 0 radical (unpaired) electrons. The molecule has 0 saturated heterocycles. The van der Waals surface area contributed by atoms with Crippen LogP contribution in [0.1, 0.15) is 34.1 Å². The molecule has 0 bridgehead atoms. The van der Waals surface area contributed by atoms with Crippen LogP contribution in [0.15, 0.2) is 12.2 Å². The molecular weight excluding hydrogens is 312 g/mol. The van der Waals surface area contributed by atoms with E-state index in [-0.39, 0.29) is 6.42 Å². The molecule has 1 atom stereocenters. The highest BCUT2D eigenvalue weighted by Gasteiger charge is 2.49. The molecule has 8 nitrogen and oxygen atoms in total. The molecule has 0 saturated carbocycles. The van der Waals surface area contributed by atoms with Gasteiger partial charge in [0.25, 0.3) is 21.9 Å². The van der Waals surface area contributed by atoms with Gasteiger partial charge in [-0.2, -0.15) is 8.42 Å². The summed E-state index contributed by atoms with van der Waals surface area (Å²) in [4.78, 5) is 36.0. The highest BCUT2D eigenvalue weighted by atomic mass is 32.2. The van der Waals surface area contributed by atoms with Gasteiger partial charge >= 0.3 is 0 Å². The molecule has 1 aliphatic heterocycles. The number of hydrogen-bond donors (Lipinski definition) is 2. The van der Waals surface area contributed by atoms with Crippen molar-refractivity contribution in [1.82, 2.24) is 4.90 Å². The molecule has 1 aliphatic rings. The van der Waals surface area contributed by atoms with E-state index in [1.165, 1.54) is 13.8 Å².